The van der Waals surface area contributed by atoms with Crippen LogP contribution in [0.15, 0.2) is 395 Å². The minimum atomic E-state index is -1.68. The number of anilines is 2. The Hall–Kier alpha value is -18.4. The number of fused-ring (bicyclic) bond motifs is 14. The molecular formula is C114H81B5N3O26+. The van der Waals surface area contributed by atoms with Crippen LogP contribution < -0.4 is 64.3 Å². The van der Waals surface area contributed by atoms with E-state index in [1.807, 2.05) is 83.9 Å². The van der Waals surface area contributed by atoms with Gasteiger partial charge in [-0.1, -0.05) is 140 Å². The molecule has 3 aliphatic heterocycles. The van der Waals surface area contributed by atoms with Gasteiger partial charge < -0.3 is 103 Å². The van der Waals surface area contributed by atoms with E-state index in [1.54, 1.807) is 224 Å². The van der Waals surface area contributed by atoms with E-state index >= 15 is 0 Å². The fourth-order valence-corrected chi connectivity index (χ4v) is 18.5. The lowest BCUT2D eigenvalue weighted by Crippen LogP contribution is -2.30. The van der Waals surface area contributed by atoms with Crippen molar-refractivity contribution < 1.29 is 108 Å². The molecule has 2 aromatic heterocycles. The molecule has 148 heavy (non-hydrogen) atoms. The van der Waals surface area contributed by atoms with Crippen LogP contribution in [0.5, 0.6) is 11.5 Å². The van der Waals surface area contributed by atoms with Crippen molar-refractivity contribution in [3.63, 3.8) is 0 Å². The average Bonchev–Trinajstić information content (AvgIpc) is 0.729. The molecule has 5 heterocycles. The van der Waals surface area contributed by atoms with E-state index in [0.29, 0.717) is 161 Å². The topological polar surface area (TPSA) is 495 Å². The van der Waals surface area contributed by atoms with Gasteiger partial charge in [0.05, 0.1) is 27.9 Å². The molecule has 0 radical (unpaired) electrons. The van der Waals surface area contributed by atoms with Crippen LogP contribution in [0.1, 0.15) is 31.1 Å². The van der Waals surface area contributed by atoms with Crippen molar-refractivity contribution in [1.29, 1.82) is 0 Å². The zero-order chi connectivity index (χ0) is 104. The summed E-state index contributed by atoms with van der Waals surface area (Å²) in [6.45, 7) is 0. The first-order valence-corrected chi connectivity index (χ1v) is 46.0. The molecule has 15 aromatic carbocycles. The van der Waals surface area contributed by atoms with Crippen molar-refractivity contribution in [1.82, 2.24) is 9.14 Å². The number of aromatic hydroxyl groups is 2. The van der Waals surface area contributed by atoms with Crippen LogP contribution >= 0.6 is 0 Å². The normalized spacial score (nSPS) is 11.2. The number of hydrogen-bond acceptors (Lipinski definition) is 24. The molecule has 0 saturated carbocycles. The van der Waals surface area contributed by atoms with Crippen molar-refractivity contribution in [2.45, 2.75) is 0 Å². The molecule has 23 rings (SSSR count). The van der Waals surface area contributed by atoms with Gasteiger partial charge in [0.25, 0.3) is 0 Å². The lowest BCUT2D eigenvalue weighted by Gasteiger charge is -2.20. The van der Waals surface area contributed by atoms with E-state index in [0.717, 1.165) is 60.1 Å². The van der Waals surface area contributed by atoms with Gasteiger partial charge in [-0.15, -0.1) is 0 Å². The Bertz CT molecular complexity index is 9530. The maximum atomic E-state index is 12.0. The fourth-order valence-electron chi connectivity index (χ4n) is 18.5. The number of hydrogen-bond donors (Lipinski definition) is 16. The Morgan fingerprint density at radius 3 is 1.26 bits per heavy atom. The molecule has 0 spiro atoms. The summed E-state index contributed by atoms with van der Waals surface area (Å²) < 4.78 is 28.2. The first-order chi connectivity index (χ1) is 71.2. The molecule has 29 nitrogen and oxygen atoms in total. The minimum absolute atomic E-state index is 0.0550. The van der Waals surface area contributed by atoms with Gasteiger partial charge in [0.15, 0.2) is 27.1 Å². The summed E-state index contributed by atoms with van der Waals surface area (Å²) in [5, 5.41) is 157. The quantitative estimate of drug-likeness (QED) is 0.0196. The van der Waals surface area contributed by atoms with Gasteiger partial charge >= 0.3 is 53.5 Å². The number of nitrogens with zero attached hydrogens (tertiary/aromatic N) is 2. The highest BCUT2D eigenvalue weighted by molar-refractivity contribution is 6.60. The number of carboxylic acid groups (broad SMARTS) is 3. The Labute approximate surface area is 838 Å². The average molecular weight is 1960 g/mol. The van der Waals surface area contributed by atoms with Gasteiger partial charge in [0.1, 0.15) is 70.6 Å². The number of aromatic nitrogens is 1. The smallest absolute Gasteiger partial charge is 0.488 e. The standard InChI is InChI=1S/C26H18BNO6.C26H20BNO5.C24H15BO6.C19H14BNO4.C19H13BO5/c29-18-9-11-22-24(14-18)34-23-13-17(28-16-5-3-4-15(12-16)27(32)33)8-10-21(23)25(22)19-6-1-2-7-20(19)26(30)31;1-28(2)17-9-12-18-15(13-17)7-10-22-24(19-5-3-4-6-20(19)26(29)30)21-11-8-16(27(31)32)14-23(21)33-25(18)22;26-15-7-10-16-13(11-15)5-8-20-22(17-3-1-2-4-18(17)24(27)28)19-9-6-14(25(29)30)12-21(19)31-23(16)20;22-16-6-4-12-8-13-5-7-17(23)11-19(13)21(18(12)10-16)15-3-1-2-14(9-15)20(24)25;21-13-4-6-15-17(9-13)25-18-10-14(22)5-7-16(18)19(15)11-2-1-3-12(8-11)20(23)24/h1-14,28,32-33H,(H,30,31);3-14,31-32H,1-2H3;1-12,29-30H,(H,27,28);1-11,22,24-25H;1-10,21,23-24H/p+1. The molecule has 0 amide bonds. The summed E-state index contributed by atoms with van der Waals surface area (Å²) >= 11 is 0. The number of phenolic OH excluding ortho intramolecular Hbond substituents is 2. The molecule has 34 heteroatoms. The SMILES string of the molecule is C[N+](C)=c1ccc2c(ccc3c(-c4ccccc4C(=O)O)c4ccc(B(O)O)cc4oc32)c1.O=C(O)c1ccccc1-c1c2ccc(=O)cc-2oc2cc(Nc3cccc(B(O)O)c3)ccc12.O=C(O)c1ccccc1-c1c2ccc(B(O)O)cc2oc2c1ccc1cc(=O)ccc12.O=c1ccc2c(-c3cccc(B(O)O)c3)c3ccc(O)cc3oc-2c1.O=c1ccc2cc3ccc(O)cc3n(-c3cccc(B(O)O)c3)c-2c1. The molecular weight excluding hydrogens is 1880 g/mol. The Balaban J connectivity index is 0.000000117. The number of aromatic carboxylic acids is 3. The van der Waals surface area contributed by atoms with E-state index in [4.69, 9.17) is 17.7 Å². The van der Waals surface area contributed by atoms with E-state index in [-0.39, 0.29) is 55.4 Å². The van der Waals surface area contributed by atoms with Crippen LogP contribution in [-0.4, -0.2) is 148 Å². The van der Waals surface area contributed by atoms with E-state index in [2.05, 4.69) is 11.4 Å². The Morgan fingerprint density at radius 2 is 0.696 bits per heavy atom. The second-order valence-electron chi connectivity index (χ2n) is 35.0. The number of phenols is 2. The van der Waals surface area contributed by atoms with Crippen molar-refractivity contribution in [3.05, 3.63) is 421 Å². The number of carboxylic acids is 3. The molecule has 0 atom stereocenters. The molecule has 0 unspecified atom stereocenters. The summed E-state index contributed by atoms with van der Waals surface area (Å²) in [5.74, 6) is -2.23. The third-order valence-electron chi connectivity index (χ3n) is 25.4. The third-order valence-corrected chi connectivity index (χ3v) is 25.4. The maximum absolute atomic E-state index is 12.0. The van der Waals surface area contributed by atoms with Crippen molar-refractivity contribution in [2.24, 2.45) is 0 Å². The molecule has 0 saturated heterocycles. The van der Waals surface area contributed by atoms with Crippen LogP contribution in [0.3, 0.4) is 0 Å². The number of nitrogens with one attached hydrogen (secondary N) is 1. The fraction of sp³-hybridized carbons (Fsp3) is 0.0175. The highest BCUT2D eigenvalue weighted by atomic mass is 16.4. The van der Waals surface area contributed by atoms with Crippen LogP contribution in [-0.2, 0) is 0 Å². The summed E-state index contributed by atoms with van der Waals surface area (Å²) in [5.41, 5.74) is 14.9. The highest BCUT2D eigenvalue weighted by Gasteiger charge is 2.29. The van der Waals surface area contributed by atoms with E-state index < -0.39 is 53.5 Å². The summed E-state index contributed by atoms with van der Waals surface area (Å²) in [6.07, 6.45) is 0. The summed E-state index contributed by atoms with van der Waals surface area (Å²) in [7, 11) is -4.14. The molecule has 0 fully saturated rings. The van der Waals surface area contributed by atoms with Gasteiger partial charge in [-0.25, -0.2) is 19.0 Å². The molecule has 0 bridgehead atoms. The van der Waals surface area contributed by atoms with Gasteiger partial charge in [0, 0.05) is 142 Å². The van der Waals surface area contributed by atoms with Gasteiger partial charge in [-0.3, -0.25) is 19.2 Å². The number of carbonyl (C=O) groups is 3. The van der Waals surface area contributed by atoms with Crippen molar-refractivity contribution in [2.75, 3.05) is 19.4 Å². The number of pyridine rings is 1. The van der Waals surface area contributed by atoms with E-state index in [1.165, 1.54) is 66.7 Å². The predicted molar refractivity (Wildman–Crippen MR) is 575 cm³/mol. The zero-order valence-corrected chi connectivity index (χ0v) is 78.0. The van der Waals surface area contributed by atoms with Crippen LogP contribution in [0.25, 0.3) is 182 Å². The Kier molecular flexibility index (Phi) is 27.3. The highest BCUT2D eigenvalue weighted by Crippen LogP contribution is 2.47. The second kappa shape index (κ2) is 41.1. The monoisotopic (exact) mass is 1960 g/mol. The summed E-state index contributed by atoms with van der Waals surface area (Å²) in [6, 6.07) is 99.5. The van der Waals surface area contributed by atoms with Gasteiger partial charge in [-0.2, -0.15) is 0 Å². The van der Waals surface area contributed by atoms with Crippen molar-refractivity contribution in [3.8, 4) is 95.6 Å². The van der Waals surface area contributed by atoms with Crippen molar-refractivity contribution >= 4 is 190 Å². The van der Waals surface area contributed by atoms with Crippen LogP contribution in [0, 0.1) is 0 Å². The third kappa shape index (κ3) is 19.9. The first-order valence-electron chi connectivity index (χ1n) is 46.0. The van der Waals surface area contributed by atoms with Gasteiger partial charge in [0.2, 0.25) is 0 Å². The first kappa shape index (κ1) is 98.3. The maximum Gasteiger partial charge on any atom is 0.488 e. The lowest BCUT2D eigenvalue weighted by molar-refractivity contribution is 0.0687. The minimum Gasteiger partial charge on any atom is -0.508 e. The Morgan fingerprint density at radius 1 is 0.291 bits per heavy atom. The van der Waals surface area contributed by atoms with E-state index in [9.17, 15) is 109 Å². The molecule has 6 aliphatic rings. The van der Waals surface area contributed by atoms with Crippen LogP contribution in [0.2, 0.25) is 0 Å². The predicted octanol–water partition coefficient (Wildman–Crippen LogP) is 13.1. The molecule has 17 aromatic rings. The molecule has 722 valence electrons. The summed E-state index contributed by atoms with van der Waals surface area (Å²) in [4.78, 5) is 83.3. The molecule has 3 aliphatic carbocycles. The number of rotatable bonds is 15. The zero-order valence-electron chi connectivity index (χ0n) is 78.0. The second-order valence-corrected chi connectivity index (χ2v) is 35.0. The lowest BCUT2D eigenvalue weighted by atomic mass is 9.78. The largest absolute Gasteiger partial charge is 0.508 e. The van der Waals surface area contributed by atoms with Crippen LogP contribution in [0.4, 0.5) is 11.4 Å². The number of benzene rings is 18. The van der Waals surface area contributed by atoms with Gasteiger partial charge in [-0.05, 0) is 241 Å². The molecule has 16 N–H and O–H groups in total.